The van der Waals surface area contributed by atoms with E-state index >= 15 is 0 Å². The molecule has 0 spiro atoms. The Labute approximate surface area is 140 Å². The maximum Gasteiger partial charge on any atom is 0.446 e. The van der Waals surface area contributed by atoms with Gasteiger partial charge in [0.2, 0.25) is 5.82 Å². The Morgan fingerprint density at radius 2 is 2.08 bits per heavy atom. The molecule has 0 atom stereocenters. The summed E-state index contributed by atoms with van der Waals surface area (Å²) in [7, 11) is 0. The Morgan fingerprint density at radius 1 is 1.25 bits per heavy atom. The Kier molecular flexibility index (Phi) is 4.72. The quantitative estimate of drug-likeness (QED) is 0.674. The van der Waals surface area contributed by atoms with Gasteiger partial charge in [-0.2, -0.15) is 0 Å². The van der Waals surface area contributed by atoms with Gasteiger partial charge in [0.05, 0.1) is 10.7 Å². The first-order valence-electron chi connectivity index (χ1n) is 7.18. The van der Waals surface area contributed by atoms with Crippen molar-refractivity contribution in [1.29, 1.82) is 0 Å². The number of rotatable bonds is 6. The van der Waals surface area contributed by atoms with E-state index in [0.717, 1.165) is 23.5 Å². The number of aryl methyl sites for hydroxylation is 1. The number of aromatic nitrogens is 4. The second-order valence-corrected chi connectivity index (χ2v) is 5.42. The van der Waals surface area contributed by atoms with Crippen LogP contribution in [0.1, 0.15) is 18.5 Å². The van der Waals surface area contributed by atoms with Gasteiger partial charge in [-0.15, -0.1) is 0 Å². The standard InChI is InChI=1S/C14H13ClFN5O3/c15-9-7-8(4-5-10(9)16)21-13(20-23-14(21)22)12-11(18-24-19-12)3-1-2-6-17/h4-5,7H,1-3,6,17H2. The van der Waals surface area contributed by atoms with Crippen molar-refractivity contribution in [3.05, 3.63) is 45.3 Å². The first-order valence-corrected chi connectivity index (χ1v) is 7.55. The van der Waals surface area contributed by atoms with E-state index in [1.807, 2.05) is 0 Å². The summed E-state index contributed by atoms with van der Waals surface area (Å²) in [6.07, 6.45) is 2.15. The van der Waals surface area contributed by atoms with Gasteiger partial charge >= 0.3 is 5.76 Å². The predicted molar refractivity (Wildman–Crippen MR) is 82.4 cm³/mol. The minimum atomic E-state index is -0.761. The fourth-order valence-electron chi connectivity index (χ4n) is 2.23. The van der Waals surface area contributed by atoms with Crippen LogP contribution < -0.4 is 11.5 Å². The summed E-state index contributed by atoms with van der Waals surface area (Å²) in [5.41, 5.74) is 6.56. The van der Waals surface area contributed by atoms with Crippen LogP contribution in [0.5, 0.6) is 0 Å². The molecule has 0 bridgehead atoms. The molecule has 126 valence electrons. The lowest BCUT2D eigenvalue weighted by atomic mass is 10.1. The van der Waals surface area contributed by atoms with Gasteiger partial charge < -0.3 is 5.73 Å². The summed E-state index contributed by atoms with van der Waals surface area (Å²) in [5, 5.41) is 11.2. The van der Waals surface area contributed by atoms with Crippen LogP contribution in [-0.2, 0) is 6.42 Å². The second kappa shape index (κ2) is 6.93. The monoisotopic (exact) mass is 353 g/mol. The normalized spacial score (nSPS) is 11.1. The van der Waals surface area contributed by atoms with Crippen LogP contribution in [0.15, 0.2) is 32.1 Å². The van der Waals surface area contributed by atoms with Gasteiger partial charge in [0, 0.05) is 0 Å². The second-order valence-electron chi connectivity index (χ2n) is 5.01. The van der Waals surface area contributed by atoms with Crippen LogP contribution in [0.3, 0.4) is 0 Å². The number of nitrogens with two attached hydrogens (primary N) is 1. The van der Waals surface area contributed by atoms with E-state index in [1.165, 1.54) is 12.1 Å². The van der Waals surface area contributed by atoms with Crippen molar-refractivity contribution in [2.75, 3.05) is 6.54 Å². The van der Waals surface area contributed by atoms with Gasteiger partial charge in [-0.1, -0.05) is 21.9 Å². The van der Waals surface area contributed by atoms with Crippen molar-refractivity contribution in [3.8, 4) is 17.2 Å². The van der Waals surface area contributed by atoms with Crippen LogP contribution in [0, 0.1) is 5.82 Å². The number of benzene rings is 1. The molecule has 0 unspecified atom stereocenters. The Balaban J connectivity index is 2.04. The molecule has 2 N–H and O–H groups in total. The molecule has 0 fully saturated rings. The molecule has 0 saturated carbocycles. The zero-order chi connectivity index (χ0) is 17.1. The van der Waals surface area contributed by atoms with Gasteiger partial charge in [-0.05, 0) is 49.2 Å². The van der Waals surface area contributed by atoms with Crippen molar-refractivity contribution in [2.45, 2.75) is 19.3 Å². The highest BCUT2D eigenvalue weighted by molar-refractivity contribution is 6.30. The van der Waals surface area contributed by atoms with Crippen LogP contribution in [0.25, 0.3) is 17.2 Å². The molecule has 0 aliphatic heterocycles. The molecule has 10 heteroatoms. The molecule has 24 heavy (non-hydrogen) atoms. The van der Waals surface area contributed by atoms with Crippen molar-refractivity contribution >= 4 is 11.6 Å². The zero-order valence-corrected chi connectivity index (χ0v) is 13.2. The number of hydrogen-bond acceptors (Lipinski definition) is 7. The van der Waals surface area contributed by atoms with E-state index in [9.17, 15) is 9.18 Å². The molecular formula is C14H13ClFN5O3. The number of unbranched alkanes of at least 4 members (excludes halogenated alkanes) is 1. The van der Waals surface area contributed by atoms with E-state index in [0.29, 0.717) is 24.3 Å². The molecule has 3 rings (SSSR count). The summed E-state index contributed by atoms with van der Waals surface area (Å²) in [6.45, 7) is 0.559. The maximum atomic E-state index is 13.3. The molecule has 2 heterocycles. The minimum absolute atomic E-state index is 0.103. The van der Waals surface area contributed by atoms with Crippen LogP contribution in [0.4, 0.5) is 4.39 Å². The Bertz CT molecular complexity index is 904. The highest BCUT2D eigenvalue weighted by atomic mass is 35.5. The van der Waals surface area contributed by atoms with E-state index in [1.54, 1.807) is 0 Å². The van der Waals surface area contributed by atoms with Crippen molar-refractivity contribution in [2.24, 2.45) is 5.73 Å². The molecule has 0 aliphatic rings. The average Bonchev–Trinajstić information content (AvgIpc) is 3.17. The molecular weight excluding hydrogens is 341 g/mol. The van der Waals surface area contributed by atoms with Gasteiger partial charge in [0.1, 0.15) is 11.5 Å². The molecule has 1 aromatic carbocycles. The van der Waals surface area contributed by atoms with Crippen LogP contribution >= 0.6 is 11.6 Å². The van der Waals surface area contributed by atoms with Crippen molar-refractivity contribution in [1.82, 2.24) is 20.0 Å². The lowest BCUT2D eigenvalue weighted by Gasteiger charge is -2.04. The summed E-state index contributed by atoms with van der Waals surface area (Å²) in [5.74, 6) is -1.26. The van der Waals surface area contributed by atoms with E-state index in [2.05, 4.69) is 15.5 Å². The van der Waals surface area contributed by atoms with Crippen LogP contribution in [-0.4, -0.2) is 26.6 Å². The lowest BCUT2D eigenvalue weighted by Crippen LogP contribution is -2.14. The molecule has 0 radical (unpaired) electrons. The Morgan fingerprint density at radius 3 is 2.83 bits per heavy atom. The SMILES string of the molecule is NCCCCc1nonc1-c1noc(=O)n1-c1ccc(F)c(Cl)c1. The smallest absolute Gasteiger partial charge is 0.330 e. The van der Waals surface area contributed by atoms with E-state index in [4.69, 9.17) is 26.5 Å². The molecule has 2 aromatic heterocycles. The number of nitrogens with zero attached hydrogens (tertiary/aromatic N) is 4. The first kappa shape index (κ1) is 16.3. The Hall–Kier alpha value is -2.52. The van der Waals surface area contributed by atoms with Gasteiger partial charge in [-0.3, -0.25) is 4.52 Å². The first-order chi connectivity index (χ1) is 11.6. The average molecular weight is 354 g/mol. The predicted octanol–water partition coefficient (Wildman–Crippen LogP) is 1.95. The van der Waals surface area contributed by atoms with Crippen LogP contribution in [0.2, 0.25) is 5.02 Å². The van der Waals surface area contributed by atoms with Crippen molar-refractivity contribution in [3.63, 3.8) is 0 Å². The van der Waals surface area contributed by atoms with E-state index in [-0.39, 0.29) is 16.5 Å². The third-order valence-corrected chi connectivity index (χ3v) is 3.69. The summed E-state index contributed by atoms with van der Waals surface area (Å²) in [4.78, 5) is 12.0. The largest absolute Gasteiger partial charge is 0.446 e. The highest BCUT2D eigenvalue weighted by Crippen LogP contribution is 2.24. The lowest BCUT2D eigenvalue weighted by molar-refractivity contribution is 0.303. The minimum Gasteiger partial charge on any atom is -0.330 e. The third-order valence-electron chi connectivity index (χ3n) is 3.40. The summed E-state index contributed by atoms with van der Waals surface area (Å²) < 4.78 is 23.9. The maximum absolute atomic E-state index is 13.3. The van der Waals surface area contributed by atoms with Gasteiger partial charge in [0.15, 0.2) is 5.69 Å². The highest BCUT2D eigenvalue weighted by Gasteiger charge is 2.22. The number of hydrogen-bond donors (Lipinski definition) is 1. The zero-order valence-electron chi connectivity index (χ0n) is 12.4. The van der Waals surface area contributed by atoms with Crippen molar-refractivity contribution < 1.29 is 13.5 Å². The summed E-state index contributed by atoms with van der Waals surface area (Å²) >= 11 is 5.78. The van der Waals surface area contributed by atoms with E-state index < -0.39 is 11.6 Å². The fraction of sp³-hybridized carbons (Fsp3) is 0.286. The fourth-order valence-corrected chi connectivity index (χ4v) is 2.40. The topological polar surface area (TPSA) is 113 Å². The van der Waals surface area contributed by atoms with Gasteiger partial charge in [0.25, 0.3) is 0 Å². The molecule has 3 aromatic rings. The summed E-state index contributed by atoms with van der Waals surface area (Å²) in [6, 6.07) is 3.82. The van der Waals surface area contributed by atoms with Gasteiger partial charge in [-0.25, -0.2) is 18.4 Å². The number of halogens is 2. The molecule has 0 amide bonds. The molecule has 0 saturated heterocycles. The molecule has 8 nitrogen and oxygen atoms in total. The molecule has 0 aliphatic carbocycles. The third kappa shape index (κ3) is 3.08.